The minimum absolute atomic E-state index is 0.0326. The average Bonchev–Trinajstić information content (AvgIpc) is 3.21. The van der Waals surface area contributed by atoms with Gasteiger partial charge in [0.2, 0.25) is 5.91 Å². The first-order valence-electron chi connectivity index (χ1n) is 8.10. The van der Waals surface area contributed by atoms with E-state index in [4.69, 9.17) is 16.3 Å². The van der Waals surface area contributed by atoms with Crippen LogP contribution in [0.15, 0.2) is 48.0 Å². The molecule has 1 aromatic rings. The third-order valence-corrected chi connectivity index (χ3v) is 4.86. The number of benzene rings is 1. The maximum Gasteiger partial charge on any atom is 0.310 e. The number of allylic oxidation sites excluding steroid dienone is 2. The normalized spacial score (nSPS) is 25.7. The Balaban J connectivity index is 1.72. The van der Waals surface area contributed by atoms with Crippen molar-refractivity contribution in [3.05, 3.63) is 58.1 Å². The molecule has 136 valence electrons. The van der Waals surface area contributed by atoms with Gasteiger partial charge in [0.1, 0.15) is 6.61 Å². The fraction of sp³-hybridized carbons (Fsp3) is 0.333. The standard InChI is InChI=1S/C18H17ClN2O5/c1-10(19)9-26-18(23)16-12-3-2-11(8-12)15(16)17(22)20-13-4-6-14(7-5-13)21(24)25/h2-7,11-12,15-16H,1,8-9H2,(H,20,22)/t11-,12-,15+,16-/m0/s1. The third-order valence-electron chi connectivity index (χ3n) is 4.75. The molecule has 1 saturated carbocycles. The van der Waals surface area contributed by atoms with E-state index in [0.717, 1.165) is 6.42 Å². The Morgan fingerprint density at radius 3 is 2.42 bits per heavy atom. The smallest absolute Gasteiger partial charge is 0.310 e. The molecule has 1 amide bonds. The SMILES string of the molecule is C=C(Cl)COC(=O)[C@@H]1[C@H](C(=O)Nc2ccc([N+](=O)[O-])cc2)[C@H]2C=C[C@H]1C2. The molecule has 7 nitrogen and oxygen atoms in total. The first-order chi connectivity index (χ1) is 12.4. The number of carbonyl (C=O) groups is 2. The quantitative estimate of drug-likeness (QED) is 0.355. The maximum absolute atomic E-state index is 12.7. The number of rotatable bonds is 6. The Morgan fingerprint density at radius 2 is 1.85 bits per heavy atom. The van der Waals surface area contributed by atoms with E-state index >= 15 is 0 Å². The summed E-state index contributed by atoms with van der Waals surface area (Å²) in [5.41, 5.74) is 0.377. The van der Waals surface area contributed by atoms with Gasteiger partial charge in [0, 0.05) is 22.9 Å². The number of halogens is 1. The molecule has 1 N–H and O–H groups in total. The number of amides is 1. The van der Waals surface area contributed by atoms with Gasteiger partial charge in [0.05, 0.1) is 16.8 Å². The van der Waals surface area contributed by atoms with Crippen molar-refractivity contribution in [2.24, 2.45) is 23.7 Å². The highest BCUT2D eigenvalue weighted by Crippen LogP contribution is 2.49. The Labute approximate surface area is 154 Å². The Hall–Kier alpha value is -2.67. The zero-order valence-electron chi connectivity index (χ0n) is 13.8. The molecule has 8 heteroatoms. The maximum atomic E-state index is 12.7. The lowest BCUT2D eigenvalue weighted by molar-refractivity contribution is -0.384. The van der Waals surface area contributed by atoms with Crippen LogP contribution in [-0.2, 0) is 14.3 Å². The summed E-state index contributed by atoms with van der Waals surface area (Å²) >= 11 is 5.64. The lowest BCUT2D eigenvalue weighted by Crippen LogP contribution is -2.37. The number of nitrogens with zero attached hydrogens (tertiary/aromatic N) is 1. The van der Waals surface area contributed by atoms with Gasteiger partial charge in [0.15, 0.2) is 0 Å². The second-order valence-corrected chi connectivity index (χ2v) is 6.95. The number of nitro benzene ring substituents is 1. The molecule has 0 heterocycles. The van der Waals surface area contributed by atoms with Crippen LogP contribution in [0.2, 0.25) is 0 Å². The highest BCUT2D eigenvalue weighted by molar-refractivity contribution is 6.29. The summed E-state index contributed by atoms with van der Waals surface area (Å²) in [7, 11) is 0. The lowest BCUT2D eigenvalue weighted by Gasteiger charge is -2.25. The predicted octanol–water partition coefficient (Wildman–Crippen LogP) is 3.27. The first-order valence-corrected chi connectivity index (χ1v) is 8.48. The summed E-state index contributed by atoms with van der Waals surface area (Å²) < 4.78 is 5.15. The minimum atomic E-state index is -0.570. The number of nitrogens with one attached hydrogen (secondary N) is 1. The van der Waals surface area contributed by atoms with Gasteiger partial charge in [-0.3, -0.25) is 19.7 Å². The summed E-state index contributed by atoms with van der Waals surface area (Å²) in [6.07, 6.45) is 4.62. The molecule has 2 aliphatic rings. The van der Waals surface area contributed by atoms with Crippen molar-refractivity contribution in [2.45, 2.75) is 6.42 Å². The van der Waals surface area contributed by atoms with Gasteiger partial charge in [0.25, 0.3) is 5.69 Å². The number of hydrogen-bond acceptors (Lipinski definition) is 5. The third kappa shape index (κ3) is 3.62. The average molecular weight is 377 g/mol. The summed E-state index contributed by atoms with van der Waals surface area (Å²) in [5, 5.41) is 13.7. The molecule has 0 aliphatic heterocycles. The van der Waals surface area contributed by atoms with Gasteiger partial charge < -0.3 is 10.1 Å². The number of nitro groups is 1. The van der Waals surface area contributed by atoms with Crippen LogP contribution < -0.4 is 5.32 Å². The lowest BCUT2D eigenvalue weighted by atomic mass is 9.82. The largest absolute Gasteiger partial charge is 0.460 e. The van der Waals surface area contributed by atoms with E-state index in [1.165, 1.54) is 24.3 Å². The van der Waals surface area contributed by atoms with Crippen LogP contribution in [0.4, 0.5) is 11.4 Å². The molecule has 0 spiro atoms. The van der Waals surface area contributed by atoms with Crippen molar-refractivity contribution in [3.8, 4) is 0 Å². The molecule has 2 bridgehead atoms. The molecule has 4 atom stereocenters. The monoisotopic (exact) mass is 376 g/mol. The number of hydrogen-bond donors (Lipinski definition) is 1. The van der Waals surface area contributed by atoms with Gasteiger partial charge in [-0.25, -0.2) is 0 Å². The fourth-order valence-electron chi connectivity index (χ4n) is 3.64. The molecular weight excluding hydrogens is 360 g/mol. The van der Waals surface area contributed by atoms with Gasteiger partial charge >= 0.3 is 5.97 Å². The Morgan fingerprint density at radius 1 is 1.23 bits per heavy atom. The Bertz CT molecular complexity index is 789. The molecule has 2 aliphatic carbocycles. The van der Waals surface area contributed by atoms with Gasteiger partial charge in [-0.1, -0.05) is 30.3 Å². The summed E-state index contributed by atoms with van der Waals surface area (Å²) in [4.78, 5) is 35.4. The van der Waals surface area contributed by atoms with E-state index in [0.29, 0.717) is 5.69 Å². The van der Waals surface area contributed by atoms with E-state index in [2.05, 4.69) is 11.9 Å². The summed E-state index contributed by atoms with van der Waals surface area (Å²) in [6, 6.07) is 5.55. The molecule has 26 heavy (non-hydrogen) atoms. The zero-order chi connectivity index (χ0) is 18.8. The Kier molecular flexibility index (Phi) is 5.08. The second kappa shape index (κ2) is 7.29. The number of anilines is 1. The van der Waals surface area contributed by atoms with Gasteiger partial charge in [-0.2, -0.15) is 0 Å². The minimum Gasteiger partial charge on any atom is -0.460 e. The topological polar surface area (TPSA) is 98.5 Å². The highest BCUT2D eigenvalue weighted by Gasteiger charge is 2.52. The van der Waals surface area contributed by atoms with Gasteiger partial charge in [-0.05, 0) is 30.4 Å². The van der Waals surface area contributed by atoms with Crippen molar-refractivity contribution < 1.29 is 19.2 Å². The molecule has 1 aromatic carbocycles. The van der Waals surface area contributed by atoms with Crippen LogP contribution >= 0.6 is 11.6 Å². The number of carbonyl (C=O) groups excluding carboxylic acids is 2. The first kappa shape index (κ1) is 18.1. The van der Waals surface area contributed by atoms with Crippen molar-refractivity contribution in [2.75, 3.05) is 11.9 Å². The predicted molar refractivity (Wildman–Crippen MR) is 95.4 cm³/mol. The number of non-ortho nitro benzene ring substituents is 1. The number of fused-ring (bicyclic) bond motifs is 2. The van der Waals surface area contributed by atoms with Crippen LogP contribution in [-0.4, -0.2) is 23.4 Å². The number of ether oxygens (including phenoxy) is 1. The summed E-state index contributed by atoms with van der Waals surface area (Å²) in [5.74, 6) is -1.95. The molecule has 0 radical (unpaired) electrons. The fourth-order valence-corrected chi connectivity index (χ4v) is 3.69. The molecule has 0 unspecified atom stereocenters. The van der Waals surface area contributed by atoms with Crippen molar-refractivity contribution >= 4 is 34.9 Å². The van der Waals surface area contributed by atoms with Crippen LogP contribution in [0.1, 0.15) is 6.42 Å². The van der Waals surface area contributed by atoms with E-state index in [1.54, 1.807) is 0 Å². The van der Waals surface area contributed by atoms with Crippen molar-refractivity contribution in [1.29, 1.82) is 0 Å². The van der Waals surface area contributed by atoms with Crippen LogP contribution in [0.25, 0.3) is 0 Å². The van der Waals surface area contributed by atoms with E-state index in [1.807, 2.05) is 12.2 Å². The highest BCUT2D eigenvalue weighted by atomic mass is 35.5. The van der Waals surface area contributed by atoms with Crippen LogP contribution in [0.5, 0.6) is 0 Å². The number of esters is 1. The molecular formula is C18H17ClN2O5. The second-order valence-electron chi connectivity index (χ2n) is 6.42. The van der Waals surface area contributed by atoms with E-state index in [-0.39, 0.29) is 35.1 Å². The molecule has 1 fully saturated rings. The van der Waals surface area contributed by atoms with Gasteiger partial charge in [-0.15, -0.1) is 0 Å². The molecule has 0 saturated heterocycles. The van der Waals surface area contributed by atoms with E-state index < -0.39 is 22.7 Å². The van der Waals surface area contributed by atoms with Crippen molar-refractivity contribution in [1.82, 2.24) is 0 Å². The van der Waals surface area contributed by atoms with E-state index in [9.17, 15) is 19.7 Å². The van der Waals surface area contributed by atoms with Crippen LogP contribution in [0, 0.1) is 33.8 Å². The van der Waals surface area contributed by atoms with Crippen LogP contribution in [0.3, 0.4) is 0 Å². The molecule has 0 aromatic heterocycles. The summed E-state index contributed by atoms with van der Waals surface area (Å²) in [6.45, 7) is 3.39. The van der Waals surface area contributed by atoms with Crippen molar-refractivity contribution in [3.63, 3.8) is 0 Å². The zero-order valence-corrected chi connectivity index (χ0v) is 14.5. The molecule has 3 rings (SSSR count).